The first-order valence-corrected chi connectivity index (χ1v) is 8.30. The summed E-state index contributed by atoms with van der Waals surface area (Å²) in [6.45, 7) is 5.42. The van der Waals surface area contributed by atoms with Crippen molar-refractivity contribution >= 4 is 11.6 Å². The molecule has 0 aliphatic carbocycles. The second kappa shape index (κ2) is 8.96. The summed E-state index contributed by atoms with van der Waals surface area (Å²) in [5, 5.41) is 6.24. The lowest BCUT2D eigenvalue weighted by atomic mass is 10.1. The molecule has 0 bridgehead atoms. The van der Waals surface area contributed by atoms with Gasteiger partial charge in [-0.1, -0.05) is 24.3 Å². The van der Waals surface area contributed by atoms with Crippen molar-refractivity contribution in [3.63, 3.8) is 0 Å². The topological polar surface area (TPSA) is 50.4 Å². The molecule has 2 rings (SSSR count). The van der Waals surface area contributed by atoms with Gasteiger partial charge in [0.2, 0.25) is 5.91 Å². The Kier molecular flexibility index (Phi) is 6.67. The Hall–Kier alpha value is -2.49. The fraction of sp³-hybridized carbons (Fsp3) is 0.350. The van der Waals surface area contributed by atoms with Gasteiger partial charge in [-0.05, 0) is 55.2 Å². The van der Waals surface area contributed by atoms with Crippen LogP contribution in [0.25, 0.3) is 0 Å². The third-order valence-corrected chi connectivity index (χ3v) is 4.10. The number of hydrogen-bond acceptors (Lipinski definition) is 3. The van der Waals surface area contributed by atoms with Crippen molar-refractivity contribution in [2.45, 2.75) is 26.7 Å². The van der Waals surface area contributed by atoms with Gasteiger partial charge in [0.15, 0.2) is 0 Å². The molecule has 0 aliphatic heterocycles. The molecule has 0 unspecified atom stereocenters. The van der Waals surface area contributed by atoms with E-state index in [1.54, 1.807) is 7.11 Å². The van der Waals surface area contributed by atoms with Crippen LogP contribution in [-0.2, 0) is 11.2 Å². The van der Waals surface area contributed by atoms with Crippen LogP contribution in [0.15, 0.2) is 42.5 Å². The molecule has 2 aromatic carbocycles. The summed E-state index contributed by atoms with van der Waals surface area (Å²) >= 11 is 0. The summed E-state index contributed by atoms with van der Waals surface area (Å²) in [5.74, 6) is 0.921. The molecule has 0 heterocycles. The van der Waals surface area contributed by atoms with E-state index in [1.165, 1.54) is 11.1 Å². The number of carbonyl (C=O) groups excluding carboxylic acids is 1. The molecular formula is C20H26N2O2. The van der Waals surface area contributed by atoms with Gasteiger partial charge in [0, 0.05) is 25.2 Å². The van der Waals surface area contributed by atoms with E-state index in [0.717, 1.165) is 23.4 Å². The van der Waals surface area contributed by atoms with Crippen LogP contribution in [0.2, 0.25) is 0 Å². The van der Waals surface area contributed by atoms with Crippen molar-refractivity contribution < 1.29 is 9.53 Å². The molecular weight excluding hydrogens is 300 g/mol. The first-order valence-electron chi connectivity index (χ1n) is 8.30. The van der Waals surface area contributed by atoms with E-state index in [2.05, 4.69) is 36.6 Å². The normalized spacial score (nSPS) is 10.3. The number of para-hydroxylation sites is 1. The molecule has 0 fully saturated rings. The maximum Gasteiger partial charge on any atom is 0.221 e. The third-order valence-electron chi connectivity index (χ3n) is 4.10. The summed E-state index contributed by atoms with van der Waals surface area (Å²) in [7, 11) is 1.66. The van der Waals surface area contributed by atoms with Crippen LogP contribution in [0.5, 0.6) is 5.75 Å². The van der Waals surface area contributed by atoms with Gasteiger partial charge in [-0.3, -0.25) is 4.79 Å². The maximum atomic E-state index is 11.9. The number of ether oxygens (including phenoxy) is 1. The zero-order chi connectivity index (χ0) is 17.4. The van der Waals surface area contributed by atoms with Crippen LogP contribution >= 0.6 is 0 Å². The number of hydrogen-bond donors (Lipinski definition) is 2. The van der Waals surface area contributed by atoms with E-state index in [-0.39, 0.29) is 5.91 Å². The van der Waals surface area contributed by atoms with Gasteiger partial charge in [-0.2, -0.15) is 0 Å². The molecule has 2 N–H and O–H groups in total. The molecule has 128 valence electrons. The zero-order valence-electron chi connectivity index (χ0n) is 14.7. The number of anilines is 1. The Bertz CT molecular complexity index is 683. The fourth-order valence-corrected chi connectivity index (χ4v) is 2.51. The third kappa shape index (κ3) is 5.30. The number of carbonyl (C=O) groups is 1. The minimum atomic E-state index is 0.0567. The van der Waals surface area contributed by atoms with Crippen molar-refractivity contribution in [2.24, 2.45) is 0 Å². The molecule has 2 aromatic rings. The smallest absolute Gasteiger partial charge is 0.221 e. The number of benzene rings is 2. The van der Waals surface area contributed by atoms with E-state index in [9.17, 15) is 4.79 Å². The highest BCUT2D eigenvalue weighted by molar-refractivity contribution is 5.76. The summed E-state index contributed by atoms with van der Waals surface area (Å²) in [6.07, 6.45) is 1.22. The number of nitrogens with one attached hydrogen (secondary N) is 2. The molecule has 0 radical (unpaired) electrons. The van der Waals surface area contributed by atoms with Crippen LogP contribution < -0.4 is 15.4 Å². The van der Waals surface area contributed by atoms with Crippen LogP contribution in [0, 0.1) is 13.8 Å². The van der Waals surface area contributed by atoms with E-state index in [1.807, 2.05) is 30.3 Å². The molecule has 24 heavy (non-hydrogen) atoms. The highest BCUT2D eigenvalue weighted by atomic mass is 16.5. The first kappa shape index (κ1) is 17.9. The molecule has 0 aromatic heterocycles. The Balaban J connectivity index is 1.69. The molecule has 0 saturated heterocycles. The minimum Gasteiger partial charge on any atom is -0.496 e. The molecule has 0 saturated carbocycles. The van der Waals surface area contributed by atoms with Crippen LogP contribution in [0.1, 0.15) is 23.1 Å². The molecule has 1 amide bonds. The lowest BCUT2D eigenvalue weighted by molar-refractivity contribution is -0.120. The largest absolute Gasteiger partial charge is 0.496 e. The lowest BCUT2D eigenvalue weighted by Gasteiger charge is -2.10. The monoisotopic (exact) mass is 326 g/mol. The summed E-state index contributed by atoms with van der Waals surface area (Å²) in [5.41, 5.74) is 4.68. The van der Waals surface area contributed by atoms with E-state index in [0.29, 0.717) is 19.5 Å². The first-order chi connectivity index (χ1) is 11.6. The average Bonchev–Trinajstić information content (AvgIpc) is 2.58. The maximum absolute atomic E-state index is 11.9. The van der Waals surface area contributed by atoms with Gasteiger partial charge in [0.25, 0.3) is 0 Å². The number of rotatable bonds is 8. The molecule has 4 nitrogen and oxygen atoms in total. The predicted octanol–water partition coefficient (Wildman–Crippen LogP) is 3.47. The lowest BCUT2D eigenvalue weighted by Crippen LogP contribution is -2.27. The Morgan fingerprint density at radius 1 is 1.04 bits per heavy atom. The van der Waals surface area contributed by atoms with Crippen LogP contribution in [0.4, 0.5) is 5.69 Å². The van der Waals surface area contributed by atoms with Crippen molar-refractivity contribution in [3.8, 4) is 5.75 Å². The highest BCUT2D eigenvalue weighted by Gasteiger charge is 2.04. The van der Waals surface area contributed by atoms with Crippen molar-refractivity contribution in [1.29, 1.82) is 0 Å². The van der Waals surface area contributed by atoms with E-state index >= 15 is 0 Å². The summed E-state index contributed by atoms with van der Waals surface area (Å²) < 4.78 is 5.31. The van der Waals surface area contributed by atoms with Gasteiger partial charge < -0.3 is 15.4 Å². The van der Waals surface area contributed by atoms with Crippen molar-refractivity contribution in [2.75, 3.05) is 25.5 Å². The minimum absolute atomic E-state index is 0.0567. The molecule has 0 spiro atoms. The molecule has 0 atom stereocenters. The number of methoxy groups -OCH3 is 1. The average molecular weight is 326 g/mol. The second-order valence-electron chi connectivity index (χ2n) is 5.89. The Morgan fingerprint density at radius 3 is 2.58 bits per heavy atom. The number of amides is 1. The van der Waals surface area contributed by atoms with Gasteiger partial charge >= 0.3 is 0 Å². The van der Waals surface area contributed by atoms with Gasteiger partial charge in [0.05, 0.1) is 7.11 Å². The van der Waals surface area contributed by atoms with E-state index < -0.39 is 0 Å². The SMILES string of the molecule is COc1ccccc1CCNC(=O)CCNc1ccc(C)c(C)c1. The summed E-state index contributed by atoms with van der Waals surface area (Å²) in [6, 6.07) is 14.1. The molecule has 4 heteroatoms. The number of aryl methyl sites for hydroxylation is 2. The summed E-state index contributed by atoms with van der Waals surface area (Å²) in [4.78, 5) is 11.9. The van der Waals surface area contributed by atoms with Crippen LogP contribution in [-0.4, -0.2) is 26.1 Å². The van der Waals surface area contributed by atoms with Crippen LogP contribution in [0.3, 0.4) is 0 Å². The second-order valence-corrected chi connectivity index (χ2v) is 5.89. The van der Waals surface area contributed by atoms with Gasteiger partial charge in [-0.15, -0.1) is 0 Å². The van der Waals surface area contributed by atoms with E-state index in [4.69, 9.17) is 4.74 Å². The van der Waals surface area contributed by atoms with Crippen molar-refractivity contribution in [3.05, 3.63) is 59.2 Å². The molecule has 0 aliphatic rings. The Labute approximate surface area is 144 Å². The highest BCUT2D eigenvalue weighted by Crippen LogP contribution is 2.17. The van der Waals surface area contributed by atoms with Gasteiger partial charge in [-0.25, -0.2) is 0 Å². The Morgan fingerprint density at radius 2 is 1.83 bits per heavy atom. The predicted molar refractivity (Wildman–Crippen MR) is 98.7 cm³/mol. The zero-order valence-corrected chi connectivity index (χ0v) is 14.7. The van der Waals surface area contributed by atoms with Gasteiger partial charge in [0.1, 0.15) is 5.75 Å². The quantitative estimate of drug-likeness (QED) is 0.781. The van der Waals surface area contributed by atoms with Crippen molar-refractivity contribution in [1.82, 2.24) is 5.32 Å². The standard InChI is InChI=1S/C20H26N2O2/c1-15-8-9-18(14-16(15)2)21-13-11-20(23)22-12-10-17-6-4-5-7-19(17)24-3/h4-9,14,21H,10-13H2,1-3H3,(H,22,23). The fourth-order valence-electron chi connectivity index (χ4n) is 2.51.